The summed E-state index contributed by atoms with van der Waals surface area (Å²) in [5.74, 6) is 0.788. The second-order valence-corrected chi connectivity index (χ2v) is 3.45. The molecule has 2 rings (SSSR count). The fraction of sp³-hybridized carbons (Fsp3) is 0.667. The van der Waals surface area contributed by atoms with Crippen LogP contribution in [0.4, 0.5) is 0 Å². The zero-order chi connectivity index (χ0) is 8.39. The van der Waals surface area contributed by atoms with Gasteiger partial charge in [0.05, 0.1) is 12.7 Å². The molecule has 3 heteroatoms. The Hall–Kier alpha value is -0.830. The molecule has 0 radical (unpaired) electrons. The second-order valence-electron chi connectivity index (χ2n) is 3.45. The van der Waals surface area contributed by atoms with Crippen molar-refractivity contribution in [1.82, 2.24) is 9.78 Å². The molecule has 1 aromatic rings. The van der Waals surface area contributed by atoms with Crippen molar-refractivity contribution in [3.8, 4) is 0 Å². The van der Waals surface area contributed by atoms with E-state index in [-0.39, 0.29) is 0 Å². The molecule has 0 spiro atoms. The molecule has 1 aromatic heterocycles. The normalized spacial score (nSPS) is 17.8. The summed E-state index contributed by atoms with van der Waals surface area (Å²) < 4.78 is 1.94. The molecule has 0 unspecified atom stereocenters. The summed E-state index contributed by atoms with van der Waals surface area (Å²) in [6.07, 6.45) is 8.19. The van der Waals surface area contributed by atoms with E-state index < -0.39 is 0 Å². The van der Waals surface area contributed by atoms with Crippen molar-refractivity contribution in [2.45, 2.75) is 31.7 Å². The lowest BCUT2D eigenvalue weighted by molar-refractivity contribution is 0.419. The van der Waals surface area contributed by atoms with Gasteiger partial charge in [0.1, 0.15) is 0 Å². The molecule has 0 atom stereocenters. The molecule has 0 saturated heterocycles. The molecule has 0 aromatic carbocycles. The number of nitrogens with two attached hydrogens (primary N) is 1. The van der Waals surface area contributed by atoms with Crippen LogP contribution in [0.2, 0.25) is 0 Å². The Kier molecular flexibility index (Phi) is 2.13. The van der Waals surface area contributed by atoms with Crippen LogP contribution >= 0.6 is 0 Å². The van der Waals surface area contributed by atoms with Gasteiger partial charge < -0.3 is 5.73 Å². The summed E-state index contributed by atoms with van der Waals surface area (Å²) in [6.45, 7) is 1.51. The standard InChI is InChI=1S/C9H15N3/c10-4-5-12-7-9(6-11-12)8-2-1-3-8/h6-8H,1-5,10H2. The van der Waals surface area contributed by atoms with Crippen molar-refractivity contribution in [1.29, 1.82) is 0 Å². The van der Waals surface area contributed by atoms with Crippen molar-refractivity contribution >= 4 is 0 Å². The molecule has 1 fully saturated rings. The molecule has 0 amide bonds. The lowest BCUT2D eigenvalue weighted by Crippen LogP contribution is -2.10. The highest BCUT2D eigenvalue weighted by molar-refractivity contribution is 5.13. The van der Waals surface area contributed by atoms with Crippen LogP contribution in [0.3, 0.4) is 0 Å². The highest BCUT2D eigenvalue weighted by Gasteiger charge is 2.20. The molecule has 1 saturated carbocycles. The Labute approximate surface area is 72.6 Å². The van der Waals surface area contributed by atoms with Crippen molar-refractivity contribution in [2.24, 2.45) is 5.73 Å². The van der Waals surface area contributed by atoms with Crippen LogP contribution in [0.1, 0.15) is 30.7 Å². The van der Waals surface area contributed by atoms with E-state index in [0.717, 1.165) is 12.5 Å². The van der Waals surface area contributed by atoms with Gasteiger partial charge in [-0.05, 0) is 24.3 Å². The number of hydrogen-bond donors (Lipinski definition) is 1. The van der Waals surface area contributed by atoms with Crippen molar-refractivity contribution < 1.29 is 0 Å². The van der Waals surface area contributed by atoms with Crippen LogP contribution in [0, 0.1) is 0 Å². The predicted molar refractivity (Wildman–Crippen MR) is 47.9 cm³/mol. The smallest absolute Gasteiger partial charge is 0.0531 e. The fourth-order valence-corrected chi connectivity index (χ4v) is 1.59. The first kappa shape index (κ1) is 7.80. The fourth-order valence-electron chi connectivity index (χ4n) is 1.59. The van der Waals surface area contributed by atoms with Gasteiger partial charge >= 0.3 is 0 Å². The molecule has 3 nitrogen and oxygen atoms in total. The summed E-state index contributed by atoms with van der Waals surface area (Å²) in [7, 11) is 0. The molecule has 1 aliphatic rings. The third-order valence-corrected chi connectivity index (χ3v) is 2.59. The Morgan fingerprint density at radius 2 is 2.42 bits per heavy atom. The van der Waals surface area contributed by atoms with E-state index in [1.165, 1.54) is 24.8 Å². The maximum absolute atomic E-state index is 5.43. The molecule has 1 aliphatic carbocycles. The third-order valence-electron chi connectivity index (χ3n) is 2.59. The average molecular weight is 165 g/mol. The van der Waals surface area contributed by atoms with Crippen LogP contribution in [-0.2, 0) is 6.54 Å². The number of nitrogens with zero attached hydrogens (tertiary/aromatic N) is 2. The number of hydrogen-bond acceptors (Lipinski definition) is 2. The molecule has 66 valence electrons. The monoisotopic (exact) mass is 165 g/mol. The van der Waals surface area contributed by atoms with Gasteiger partial charge in [-0.25, -0.2) is 0 Å². The van der Waals surface area contributed by atoms with Gasteiger partial charge in [-0.2, -0.15) is 5.10 Å². The first-order valence-electron chi connectivity index (χ1n) is 4.62. The molecule has 0 bridgehead atoms. The van der Waals surface area contributed by atoms with Crippen molar-refractivity contribution in [2.75, 3.05) is 6.54 Å². The molecule has 2 N–H and O–H groups in total. The van der Waals surface area contributed by atoms with E-state index in [9.17, 15) is 0 Å². The van der Waals surface area contributed by atoms with Gasteiger partial charge in [0.25, 0.3) is 0 Å². The van der Waals surface area contributed by atoms with Crippen molar-refractivity contribution in [3.63, 3.8) is 0 Å². The Morgan fingerprint density at radius 3 is 3.00 bits per heavy atom. The van der Waals surface area contributed by atoms with E-state index in [2.05, 4.69) is 11.3 Å². The highest BCUT2D eigenvalue weighted by atomic mass is 15.3. The predicted octanol–water partition coefficient (Wildman–Crippen LogP) is 1.11. The van der Waals surface area contributed by atoms with Crippen LogP contribution in [-0.4, -0.2) is 16.3 Å². The van der Waals surface area contributed by atoms with Gasteiger partial charge in [-0.1, -0.05) is 6.42 Å². The summed E-state index contributed by atoms with van der Waals surface area (Å²) in [5, 5.41) is 4.25. The molecule has 0 aliphatic heterocycles. The molecular formula is C9H15N3. The minimum absolute atomic E-state index is 0.672. The van der Waals surface area contributed by atoms with Crippen LogP contribution in [0.15, 0.2) is 12.4 Å². The second kappa shape index (κ2) is 3.27. The van der Waals surface area contributed by atoms with Crippen LogP contribution in [0.5, 0.6) is 0 Å². The quantitative estimate of drug-likeness (QED) is 0.729. The first-order valence-corrected chi connectivity index (χ1v) is 4.62. The molecule has 1 heterocycles. The maximum Gasteiger partial charge on any atom is 0.0531 e. The number of aromatic nitrogens is 2. The third kappa shape index (κ3) is 1.37. The zero-order valence-electron chi connectivity index (χ0n) is 7.24. The van der Waals surface area contributed by atoms with E-state index in [4.69, 9.17) is 5.73 Å². The summed E-state index contributed by atoms with van der Waals surface area (Å²) >= 11 is 0. The van der Waals surface area contributed by atoms with Gasteiger partial charge in [-0.15, -0.1) is 0 Å². The Morgan fingerprint density at radius 1 is 1.58 bits per heavy atom. The van der Waals surface area contributed by atoms with Gasteiger partial charge in [0.15, 0.2) is 0 Å². The summed E-state index contributed by atoms with van der Waals surface area (Å²) in [5.41, 5.74) is 6.83. The largest absolute Gasteiger partial charge is 0.329 e. The minimum Gasteiger partial charge on any atom is -0.329 e. The topological polar surface area (TPSA) is 43.8 Å². The minimum atomic E-state index is 0.672. The lowest BCUT2D eigenvalue weighted by atomic mass is 9.81. The molecular weight excluding hydrogens is 150 g/mol. The zero-order valence-corrected chi connectivity index (χ0v) is 7.24. The summed E-state index contributed by atoms with van der Waals surface area (Å²) in [4.78, 5) is 0. The maximum atomic E-state index is 5.43. The first-order chi connectivity index (χ1) is 5.90. The summed E-state index contributed by atoms with van der Waals surface area (Å²) in [6, 6.07) is 0. The highest BCUT2D eigenvalue weighted by Crippen LogP contribution is 2.35. The average Bonchev–Trinajstić information content (AvgIpc) is 2.34. The van der Waals surface area contributed by atoms with Gasteiger partial charge in [0.2, 0.25) is 0 Å². The van der Waals surface area contributed by atoms with Crippen LogP contribution < -0.4 is 5.73 Å². The lowest BCUT2D eigenvalue weighted by Gasteiger charge is -2.23. The Bertz CT molecular complexity index is 250. The van der Waals surface area contributed by atoms with Gasteiger partial charge in [-0.3, -0.25) is 4.68 Å². The van der Waals surface area contributed by atoms with E-state index in [1.54, 1.807) is 0 Å². The van der Waals surface area contributed by atoms with E-state index in [1.807, 2.05) is 10.9 Å². The van der Waals surface area contributed by atoms with E-state index in [0.29, 0.717) is 6.54 Å². The Balaban J connectivity index is 2.02. The van der Waals surface area contributed by atoms with E-state index >= 15 is 0 Å². The van der Waals surface area contributed by atoms with Crippen LogP contribution in [0.25, 0.3) is 0 Å². The number of rotatable bonds is 3. The van der Waals surface area contributed by atoms with Crippen molar-refractivity contribution in [3.05, 3.63) is 18.0 Å². The SMILES string of the molecule is NCCn1cc(C2CCC2)cn1. The molecule has 12 heavy (non-hydrogen) atoms. The van der Waals surface area contributed by atoms with Gasteiger partial charge in [0, 0.05) is 12.7 Å².